The van der Waals surface area contributed by atoms with Crippen LogP contribution in [-0.4, -0.2) is 29.0 Å². The predicted molar refractivity (Wildman–Crippen MR) is 119 cm³/mol. The Labute approximate surface area is 185 Å². The minimum atomic E-state index is -4.43. The van der Waals surface area contributed by atoms with E-state index in [1.807, 2.05) is 17.9 Å². The molecule has 1 aliphatic rings. The lowest BCUT2D eigenvalue weighted by atomic mass is 9.88. The average Bonchev–Trinajstić information content (AvgIpc) is 2.79. The summed E-state index contributed by atoms with van der Waals surface area (Å²) in [5.41, 5.74) is 6.33. The Balaban J connectivity index is 1.85. The van der Waals surface area contributed by atoms with Crippen molar-refractivity contribution in [2.24, 2.45) is 11.7 Å². The molecule has 1 amide bonds. The van der Waals surface area contributed by atoms with Gasteiger partial charge in [-0.3, -0.25) is 4.79 Å². The summed E-state index contributed by atoms with van der Waals surface area (Å²) in [6, 6.07) is 6.06. The molecule has 0 atom stereocenters. The molecule has 2 aromatic rings. The van der Waals surface area contributed by atoms with E-state index in [0.29, 0.717) is 30.4 Å². The third kappa shape index (κ3) is 5.43. The number of rotatable bonds is 6. The van der Waals surface area contributed by atoms with E-state index >= 15 is 0 Å². The molecule has 1 aromatic carbocycles. The van der Waals surface area contributed by atoms with Gasteiger partial charge in [-0.05, 0) is 43.4 Å². The lowest BCUT2D eigenvalue weighted by Gasteiger charge is -2.33. The van der Waals surface area contributed by atoms with E-state index in [9.17, 15) is 18.0 Å². The van der Waals surface area contributed by atoms with E-state index in [1.54, 1.807) is 6.08 Å². The maximum atomic E-state index is 12.9. The van der Waals surface area contributed by atoms with Crippen LogP contribution in [0.1, 0.15) is 35.8 Å². The van der Waals surface area contributed by atoms with Gasteiger partial charge in [-0.25, -0.2) is 9.97 Å². The SMILES string of the molecule is C=C/C=C\C(=C/C)C1CCN(c2cc(C(N)=O)nc(-c3ccc(C(F)(F)F)cc3)n2)CC1. The number of hydrogen-bond acceptors (Lipinski definition) is 4. The molecule has 2 heterocycles. The van der Waals surface area contributed by atoms with Crippen molar-refractivity contribution in [3.05, 3.63) is 78.0 Å². The van der Waals surface area contributed by atoms with Gasteiger partial charge in [0.25, 0.3) is 5.91 Å². The monoisotopic (exact) mass is 442 g/mol. The molecular formula is C24H25F3N4O. The number of alkyl halides is 3. The fraction of sp³-hybridized carbons (Fsp3) is 0.292. The van der Waals surface area contributed by atoms with Crippen LogP contribution in [0.3, 0.4) is 0 Å². The van der Waals surface area contributed by atoms with Crippen molar-refractivity contribution in [1.29, 1.82) is 0 Å². The van der Waals surface area contributed by atoms with Crippen molar-refractivity contribution in [3.8, 4) is 11.4 Å². The number of halogens is 3. The normalized spacial score (nSPS) is 15.9. The Kier molecular flexibility index (Phi) is 7.12. The molecule has 0 bridgehead atoms. The van der Waals surface area contributed by atoms with Gasteiger partial charge in [-0.2, -0.15) is 13.2 Å². The number of carbonyl (C=O) groups excluding carboxylic acids is 1. The van der Waals surface area contributed by atoms with Crippen LogP contribution in [0.15, 0.2) is 66.8 Å². The summed E-state index contributed by atoms with van der Waals surface area (Å²) < 4.78 is 38.6. The highest BCUT2D eigenvalue weighted by atomic mass is 19.4. The molecule has 0 unspecified atom stereocenters. The molecule has 1 fully saturated rings. The molecule has 0 saturated carbocycles. The standard InChI is InChI=1S/C24H25F3N4O/c1-3-5-6-16(4-2)17-11-13-31(14-12-17)21-15-20(22(28)32)29-23(30-21)18-7-9-19(10-8-18)24(25,26)27/h3-10,15,17H,1,11-14H2,2H3,(H2,28,32)/b6-5-,16-4+. The fourth-order valence-electron chi connectivity index (χ4n) is 3.75. The summed E-state index contributed by atoms with van der Waals surface area (Å²) in [7, 11) is 0. The highest BCUT2D eigenvalue weighted by molar-refractivity contribution is 5.92. The molecule has 8 heteroatoms. The van der Waals surface area contributed by atoms with Crippen LogP contribution >= 0.6 is 0 Å². The number of allylic oxidation sites excluding steroid dienone is 5. The number of primary amides is 1. The summed E-state index contributed by atoms with van der Waals surface area (Å²) in [5.74, 6) is 0.378. The summed E-state index contributed by atoms with van der Waals surface area (Å²) in [5, 5.41) is 0. The second kappa shape index (κ2) is 9.80. The van der Waals surface area contributed by atoms with Crippen LogP contribution in [0.25, 0.3) is 11.4 Å². The van der Waals surface area contributed by atoms with Gasteiger partial charge in [0.2, 0.25) is 0 Å². The lowest BCUT2D eigenvalue weighted by molar-refractivity contribution is -0.137. The zero-order valence-electron chi connectivity index (χ0n) is 17.8. The smallest absolute Gasteiger partial charge is 0.364 e. The predicted octanol–water partition coefficient (Wildman–Crippen LogP) is 5.17. The Hall–Kier alpha value is -3.42. The maximum Gasteiger partial charge on any atom is 0.416 e. The third-order valence-electron chi connectivity index (χ3n) is 5.48. The number of nitrogens with two attached hydrogens (primary N) is 1. The largest absolute Gasteiger partial charge is 0.416 e. The topological polar surface area (TPSA) is 72.1 Å². The van der Waals surface area contributed by atoms with Gasteiger partial charge < -0.3 is 10.6 Å². The van der Waals surface area contributed by atoms with E-state index in [-0.39, 0.29) is 11.5 Å². The molecule has 0 radical (unpaired) electrons. The number of benzene rings is 1. The van der Waals surface area contributed by atoms with E-state index in [4.69, 9.17) is 5.73 Å². The fourth-order valence-corrected chi connectivity index (χ4v) is 3.75. The first-order valence-electron chi connectivity index (χ1n) is 10.3. The van der Waals surface area contributed by atoms with E-state index in [0.717, 1.165) is 25.0 Å². The number of aromatic nitrogens is 2. The Morgan fingerprint density at radius 2 is 1.84 bits per heavy atom. The van der Waals surface area contributed by atoms with Gasteiger partial charge >= 0.3 is 6.18 Å². The number of anilines is 1. The molecule has 0 spiro atoms. The molecule has 1 aliphatic heterocycles. The quantitative estimate of drug-likeness (QED) is 0.627. The second-order valence-corrected chi connectivity index (χ2v) is 7.52. The molecule has 32 heavy (non-hydrogen) atoms. The van der Waals surface area contributed by atoms with Crippen molar-refractivity contribution in [3.63, 3.8) is 0 Å². The maximum absolute atomic E-state index is 12.9. The van der Waals surface area contributed by atoms with Crippen molar-refractivity contribution in [2.45, 2.75) is 25.9 Å². The first-order chi connectivity index (χ1) is 15.2. The van der Waals surface area contributed by atoms with Gasteiger partial charge in [0.05, 0.1) is 5.56 Å². The van der Waals surface area contributed by atoms with E-state index < -0.39 is 17.6 Å². The molecule has 1 saturated heterocycles. The number of amides is 1. The highest BCUT2D eigenvalue weighted by Gasteiger charge is 2.30. The van der Waals surface area contributed by atoms with Gasteiger partial charge in [-0.1, -0.05) is 43.0 Å². The Bertz CT molecular complexity index is 1030. The molecule has 5 nitrogen and oxygen atoms in total. The summed E-state index contributed by atoms with van der Waals surface area (Å²) in [4.78, 5) is 22.6. The van der Waals surface area contributed by atoms with Crippen LogP contribution in [0.4, 0.5) is 19.0 Å². The Morgan fingerprint density at radius 1 is 1.19 bits per heavy atom. The van der Waals surface area contributed by atoms with Crippen LogP contribution < -0.4 is 10.6 Å². The minimum absolute atomic E-state index is 0.0232. The van der Waals surface area contributed by atoms with E-state index in [1.165, 1.54) is 23.8 Å². The molecule has 3 rings (SSSR count). The summed E-state index contributed by atoms with van der Waals surface area (Å²) in [6.07, 6.45) is 5.18. The molecule has 168 valence electrons. The van der Waals surface area contributed by atoms with Gasteiger partial charge in [-0.15, -0.1) is 0 Å². The van der Waals surface area contributed by atoms with E-state index in [2.05, 4.69) is 28.7 Å². The van der Waals surface area contributed by atoms with Crippen molar-refractivity contribution in [1.82, 2.24) is 9.97 Å². The van der Waals surface area contributed by atoms with Crippen molar-refractivity contribution in [2.75, 3.05) is 18.0 Å². The number of piperidine rings is 1. The zero-order valence-corrected chi connectivity index (χ0v) is 17.8. The van der Waals surface area contributed by atoms with Crippen LogP contribution in [0, 0.1) is 5.92 Å². The first-order valence-corrected chi connectivity index (χ1v) is 10.3. The van der Waals surface area contributed by atoms with Gasteiger partial charge in [0.15, 0.2) is 5.82 Å². The second-order valence-electron chi connectivity index (χ2n) is 7.52. The van der Waals surface area contributed by atoms with Crippen LogP contribution in [0.5, 0.6) is 0 Å². The van der Waals surface area contributed by atoms with Crippen LogP contribution in [0.2, 0.25) is 0 Å². The minimum Gasteiger partial charge on any atom is -0.364 e. The van der Waals surface area contributed by atoms with Gasteiger partial charge in [0.1, 0.15) is 11.5 Å². The van der Waals surface area contributed by atoms with Crippen molar-refractivity contribution >= 4 is 11.7 Å². The zero-order chi connectivity index (χ0) is 23.3. The summed E-state index contributed by atoms with van der Waals surface area (Å²) >= 11 is 0. The average molecular weight is 442 g/mol. The Morgan fingerprint density at radius 3 is 2.38 bits per heavy atom. The molecule has 0 aliphatic carbocycles. The first kappa shape index (κ1) is 23.2. The number of carbonyl (C=O) groups is 1. The van der Waals surface area contributed by atoms with Crippen LogP contribution in [-0.2, 0) is 6.18 Å². The van der Waals surface area contributed by atoms with Gasteiger partial charge in [0, 0.05) is 24.7 Å². The number of hydrogen-bond donors (Lipinski definition) is 1. The lowest BCUT2D eigenvalue weighted by Crippen LogP contribution is -2.35. The third-order valence-corrected chi connectivity index (χ3v) is 5.48. The van der Waals surface area contributed by atoms with Crippen molar-refractivity contribution < 1.29 is 18.0 Å². The molecule has 1 aromatic heterocycles. The molecule has 2 N–H and O–H groups in total. The highest BCUT2D eigenvalue weighted by Crippen LogP contribution is 2.32. The number of nitrogens with zero attached hydrogens (tertiary/aromatic N) is 3. The molecular weight excluding hydrogens is 417 g/mol. The summed E-state index contributed by atoms with van der Waals surface area (Å²) in [6.45, 7) is 7.14.